The normalized spacial score (nSPS) is 22.6. The summed E-state index contributed by atoms with van der Waals surface area (Å²) in [6.07, 6.45) is 2.39. The predicted octanol–water partition coefficient (Wildman–Crippen LogP) is 3.17. The third kappa shape index (κ3) is 2.49. The van der Waals surface area contributed by atoms with Crippen molar-refractivity contribution in [1.29, 1.82) is 0 Å². The van der Waals surface area contributed by atoms with E-state index in [0.717, 1.165) is 23.9 Å². The molecule has 1 aromatic heterocycles. The summed E-state index contributed by atoms with van der Waals surface area (Å²) in [6.45, 7) is 3.42. The van der Waals surface area contributed by atoms with Crippen molar-refractivity contribution in [3.63, 3.8) is 0 Å². The Hall–Kier alpha value is -1.07. The Morgan fingerprint density at radius 3 is 3.00 bits per heavy atom. The number of benzene rings is 1. The summed E-state index contributed by atoms with van der Waals surface area (Å²) in [5, 5.41) is 0.642. The number of ether oxygens (including phenoxy) is 1. The van der Waals surface area contributed by atoms with Crippen LogP contribution in [-0.2, 0) is 11.3 Å². The van der Waals surface area contributed by atoms with Gasteiger partial charge in [0.1, 0.15) is 0 Å². The molecule has 1 aliphatic rings. The SMILES string of the molecule is CCOC1CC(Cn2oc3cc(Br)ccc3c2=O)C1. The molecule has 0 aliphatic heterocycles. The van der Waals surface area contributed by atoms with Crippen LogP contribution >= 0.6 is 15.9 Å². The van der Waals surface area contributed by atoms with Crippen LogP contribution in [0.4, 0.5) is 0 Å². The first kappa shape index (κ1) is 12.9. The Labute approximate surface area is 119 Å². The summed E-state index contributed by atoms with van der Waals surface area (Å²) in [5.41, 5.74) is 0.599. The van der Waals surface area contributed by atoms with E-state index < -0.39 is 0 Å². The van der Waals surface area contributed by atoms with Crippen LogP contribution in [0, 0.1) is 5.92 Å². The van der Waals surface area contributed by atoms with Crippen LogP contribution in [0.2, 0.25) is 0 Å². The highest BCUT2D eigenvalue weighted by Gasteiger charge is 2.30. The minimum Gasteiger partial charge on any atom is -0.378 e. The second-order valence-corrected chi connectivity index (χ2v) is 5.93. The van der Waals surface area contributed by atoms with Gasteiger partial charge in [-0.25, -0.2) is 0 Å². The van der Waals surface area contributed by atoms with Gasteiger partial charge in [0.2, 0.25) is 0 Å². The molecule has 2 aromatic rings. The molecule has 1 aromatic carbocycles. The molecule has 19 heavy (non-hydrogen) atoms. The van der Waals surface area contributed by atoms with Crippen LogP contribution in [0.3, 0.4) is 0 Å². The van der Waals surface area contributed by atoms with E-state index in [2.05, 4.69) is 15.9 Å². The van der Waals surface area contributed by atoms with Crippen LogP contribution in [0.15, 0.2) is 32.0 Å². The highest BCUT2D eigenvalue weighted by Crippen LogP contribution is 2.31. The molecule has 3 rings (SSSR count). The van der Waals surface area contributed by atoms with Gasteiger partial charge in [0.05, 0.1) is 18.0 Å². The fourth-order valence-electron chi connectivity index (χ4n) is 2.59. The molecule has 1 aliphatic carbocycles. The first-order valence-electron chi connectivity index (χ1n) is 6.58. The molecule has 102 valence electrons. The monoisotopic (exact) mass is 325 g/mol. The molecule has 1 saturated carbocycles. The summed E-state index contributed by atoms with van der Waals surface area (Å²) < 4.78 is 13.5. The first-order valence-corrected chi connectivity index (χ1v) is 7.37. The van der Waals surface area contributed by atoms with Crippen molar-refractivity contribution in [2.45, 2.75) is 32.4 Å². The lowest BCUT2D eigenvalue weighted by atomic mass is 9.82. The van der Waals surface area contributed by atoms with E-state index in [1.54, 1.807) is 6.07 Å². The molecule has 0 radical (unpaired) electrons. The molecule has 1 fully saturated rings. The van der Waals surface area contributed by atoms with Crippen molar-refractivity contribution in [3.05, 3.63) is 33.0 Å². The molecular weight excluding hydrogens is 310 g/mol. The van der Waals surface area contributed by atoms with Gasteiger partial charge in [0.25, 0.3) is 5.56 Å². The van der Waals surface area contributed by atoms with Crippen molar-refractivity contribution >= 4 is 26.9 Å². The molecule has 4 nitrogen and oxygen atoms in total. The number of nitrogens with zero attached hydrogens (tertiary/aromatic N) is 1. The summed E-state index contributed by atoms with van der Waals surface area (Å²) in [6, 6.07) is 5.49. The molecule has 0 saturated heterocycles. The van der Waals surface area contributed by atoms with Gasteiger partial charge in [0, 0.05) is 11.1 Å². The van der Waals surface area contributed by atoms with E-state index in [4.69, 9.17) is 9.26 Å². The van der Waals surface area contributed by atoms with Gasteiger partial charge < -0.3 is 9.26 Å². The molecular formula is C14H16BrNO3. The van der Waals surface area contributed by atoms with E-state index in [1.807, 2.05) is 19.1 Å². The number of rotatable bonds is 4. The number of hydrogen-bond acceptors (Lipinski definition) is 3. The molecule has 0 spiro atoms. The van der Waals surface area contributed by atoms with Crippen molar-refractivity contribution in [3.8, 4) is 0 Å². The summed E-state index contributed by atoms with van der Waals surface area (Å²) in [4.78, 5) is 12.1. The van der Waals surface area contributed by atoms with E-state index in [0.29, 0.717) is 29.5 Å². The van der Waals surface area contributed by atoms with Crippen molar-refractivity contribution < 1.29 is 9.26 Å². The third-order valence-electron chi connectivity index (χ3n) is 3.63. The van der Waals surface area contributed by atoms with Crippen molar-refractivity contribution in [1.82, 2.24) is 4.74 Å². The maximum absolute atomic E-state index is 12.1. The maximum atomic E-state index is 12.1. The zero-order chi connectivity index (χ0) is 13.4. The van der Waals surface area contributed by atoms with E-state index in [9.17, 15) is 4.79 Å². The smallest absolute Gasteiger partial charge is 0.290 e. The Morgan fingerprint density at radius 1 is 1.47 bits per heavy atom. The van der Waals surface area contributed by atoms with Crippen molar-refractivity contribution in [2.24, 2.45) is 5.92 Å². The number of hydrogen-bond donors (Lipinski definition) is 0. The van der Waals surface area contributed by atoms with Gasteiger partial charge in [-0.3, -0.25) is 4.79 Å². The summed E-state index contributed by atoms with van der Waals surface area (Å²) in [7, 11) is 0. The Kier molecular flexibility index (Phi) is 3.50. The van der Waals surface area contributed by atoms with E-state index >= 15 is 0 Å². The van der Waals surface area contributed by atoms with Gasteiger partial charge in [-0.1, -0.05) is 15.9 Å². The lowest BCUT2D eigenvalue weighted by Crippen LogP contribution is -2.35. The number of aromatic nitrogens is 1. The lowest BCUT2D eigenvalue weighted by Gasteiger charge is -2.34. The average molecular weight is 326 g/mol. The average Bonchev–Trinajstić information content (AvgIpc) is 2.63. The minimum absolute atomic E-state index is 0.0395. The fourth-order valence-corrected chi connectivity index (χ4v) is 2.93. The highest BCUT2D eigenvalue weighted by atomic mass is 79.9. The van der Waals surface area contributed by atoms with E-state index in [-0.39, 0.29) is 5.56 Å². The standard InChI is InChI=1S/C14H16BrNO3/c1-2-18-11-5-9(6-11)8-16-14(17)12-4-3-10(15)7-13(12)19-16/h3-4,7,9,11H,2,5-6,8H2,1H3. The lowest BCUT2D eigenvalue weighted by molar-refractivity contribution is -0.0345. The van der Waals surface area contributed by atoms with Gasteiger partial charge in [0.15, 0.2) is 5.58 Å². The van der Waals surface area contributed by atoms with Crippen LogP contribution in [0.1, 0.15) is 19.8 Å². The summed E-state index contributed by atoms with van der Waals surface area (Å²) >= 11 is 3.38. The quantitative estimate of drug-likeness (QED) is 0.867. The molecule has 0 amide bonds. The molecule has 5 heteroatoms. The molecule has 0 atom stereocenters. The largest absolute Gasteiger partial charge is 0.378 e. The molecule has 0 bridgehead atoms. The Bertz CT molecular complexity index is 640. The van der Waals surface area contributed by atoms with Crippen LogP contribution in [0.5, 0.6) is 0 Å². The second-order valence-electron chi connectivity index (χ2n) is 5.01. The van der Waals surface area contributed by atoms with Crippen LogP contribution < -0.4 is 5.56 Å². The predicted molar refractivity (Wildman–Crippen MR) is 76.3 cm³/mol. The highest BCUT2D eigenvalue weighted by molar-refractivity contribution is 9.10. The zero-order valence-electron chi connectivity index (χ0n) is 10.8. The Morgan fingerprint density at radius 2 is 2.26 bits per heavy atom. The van der Waals surface area contributed by atoms with Gasteiger partial charge >= 0.3 is 0 Å². The maximum Gasteiger partial charge on any atom is 0.290 e. The fraction of sp³-hybridized carbons (Fsp3) is 0.500. The topological polar surface area (TPSA) is 44.4 Å². The second kappa shape index (κ2) is 5.13. The zero-order valence-corrected chi connectivity index (χ0v) is 12.4. The third-order valence-corrected chi connectivity index (χ3v) is 4.12. The van der Waals surface area contributed by atoms with Gasteiger partial charge in [-0.2, -0.15) is 4.74 Å². The van der Waals surface area contributed by atoms with Gasteiger partial charge in [-0.05, 0) is 43.9 Å². The molecule has 1 heterocycles. The van der Waals surface area contributed by atoms with E-state index in [1.165, 1.54) is 4.74 Å². The van der Waals surface area contributed by atoms with Crippen LogP contribution in [-0.4, -0.2) is 17.5 Å². The Balaban J connectivity index is 1.75. The molecule has 0 unspecified atom stereocenters. The van der Waals surface area contributed by atoms with Crippen LogP contribution in [0.25, 0.3) is 11.0 Å². The van der Waals surface area contributed by atoms with Crippen molar-refractivity contribution in [2.75, 3.05) is 6.61 Å². The number of fused-ring (bicyclic) bond motifs is 1. The van der Waals surface area contributed by atoms with Gasteiger partial charge in [-0.15, -0.1) is 0 Å². The number of halogens is 1. The summed E-state index contributed by atoms with van der Waals surface area (Å²) in [5.74, 6) is 0.484. The molecule has 0 N–H and O–H groups in total. The first-order chi connectivity index (χ1) is 9.17. The minimum atomic E-state index is -0.0395.